The molecule has 1 atom stereocenters. The van der Waals surface area contributed by atoms with E-state index in [0.29, 0.717) is 5.41 Å². The van der Waals surface area contributed by atoms with Crippen molar-refractivity contribution in [3.63, 3.8) is 0 Å². The van der Waals surface area contributed by atoms with Crippen molar-refractivity contribution < 1.29 is 0 Å². The lowest BCUT2D eigenvalue weighted by atomic mass is 9.71. The van der Waals surface area contributed by atoms with Gasteiger partial charge in [0, 0.05) is 0 Å². The number of rotatable bonds is 6. The van der Waals surface area contributed by atoms with Gasteiger partial charge in [-0.15, -0.1) is 0 Å². The third kappa shape index (κ3) is 5.71. The summed E-state index contributed by atoms with van der Waals surface area (Å²) in [5, 5.41) is 0. The summed E-state index contributed by atoms with van der Waals surface area (Å²) >= 11 is 0. The Morgan fingerprint density at radius 3 is 2.35 bits per heavy atom. The first-order valence-corrected chi connectivity index (χ1v) is 12.7. The SMILES string of the molecule is CC.Cc1ccc(CCCC2C=C(Cc3cc4c(cc3C)CCCC4(C)C)C2)c(C)c1. The lowest BCUT2D eigenvalue weighted by Gasteiger charge is -2.34. The summed E-state index contributed by atoms with van der Waals surface area (Å²) in [5.41, 5.74) is 12.7. The molecule has 31 heavy (non-hydrogen) atoms. The van der Waals surface area contributed by atoms with E-state index in [1.165, 1.54) is 73.6 Å². The molecular formula is C31H44. The van der Waals surface area contributed by atoms with Crippen LogP contribution in [0.1, 0.15) is 98.7 Å². The molecule has 0 amide bonds. The van der Waals surface area contributed by atoms with E-state index in [1.54, 1.807) is 22.3 Å². The van der Waals surface area contributed by atoms with Crippen molar-refractivity contribution in [3.8, 4) is 0 Å². The van der Waals surface area contributed by atoms with Crippen LogP contribution >= 0.6 is 0 Å². The third-order valence-electron chi connectivity index (χ3n) is 7.47. The number of allylic oxidation sites excluding steroid dienone is 2. The van der Waals surface area contributed by atoms with Crippen LogP contribution in [0, 0.1) is 26.7 Å². The molecule has 0 spiro atoms. The van der Waals surface area contributed by atoms with Crippen molar-refractivity contribution in [2.24, 2.45) is 5.92 Å². The summed E-state index contributed by atoms with van der Waals surface area (Å²) in [6.07, 6.45) is 12.9. The van der Waals surface area contributed by atoms with Gasteiger partial charge in [0.1, 0.15) is 0 Å². The summed E-state index contributed by atoms with van der Waals surface area (Å²) in [6.45, 7) is 15.6. The van der Waals surface area contributed by atoms with Crippen molar-refractivity contribution in [1.82, 2.24) is 0 Å². The van der Waals surface area contributed by atoms with Gasteiger partial charge in [0.15, 0.2) is 0 Å². The van der Waals surface area contributed by atoms with Crippen molar-refractivity contribution >= 4 is 0 Å². The summed E-state index contributed by atoms with van der Waals surface area (Å²) in [4.78, 5) is 0. The zero-order chi connectivity index (χ0) is 22.6. The quantitative estimate of drug-likeness (QED) is 0.413. The molecule has 0 heteroatoms. The first kappa shape index (κ1) is 23.8. The number of benzene rings is 2. The molecule has 0 bridgehead atoms. The van der Waals surface area contributed by atoms with Crippen LogP contribution < -0.4 is 0 Å². The predicted octanol–water partition coefficient (Wildman–Crippen LogP) is 8.76. The average molecular weight is 417 g/mol. The molecule has 0 N–H and O–H groups in total. The molecule has 0 nitrogen and oxygen atoms in total. The molecule has 0 fully saturated rings. The Balaban J connectivity index is 0.00000132. The second kappa shape index (κ2) is 10.2. The summed E-state index contributed by atoms with van der Waals surface area (Å²) in [7, 11) is 0. The van der Waals surface area contributed by atoms with Gasteiger partial charge in [0.2, 0.25) is 0 Å². The van der Waals surface area contributed by atoms with E-state index in [4.69, 9.17) is 0 Å². The van der Waals surface area contributed by atoms with Crippen LogP contribution in [0.2, 0.25) is 0 Å². The number of hydrogen-bond donors (Lipinski definition) is 0. The standard InChI is InChI=1S/C29H38.C2H6/c1-20-11-12-25(21(2)14-20)9-6-8-23-16-24(17-23)18-27-19-28-26(15-22(27)3)10-7-13-29(28,4)5;1-2/h11-12,14-16,19,23H,6-10,13,17-18H2,1-5H3;1-2H3. The lowest BCUT2D eigenvalue weighted by Crippen LogP contribution is -2.24. The van der Waals surface area contributed by atoms with Gasteiger partial charge in [-0.05, 0) is 117 Å². The molecule has 0 aromatic heterocycles. The van der Waals surface area contributed by atoms with E-state index < -0.39 is 0 Å². The highest BCUT2D eigenvalue weighted by Gasteiger charge is 2.28. The largest absolute Gasteiger partial charge is 0.0815 e. The van der Waals surface area contributed by atoms with Gasteiger partial charge in [0.25, 0.3) is 0 Å². The first-order chi connectivity index (χ1) is 14.8. The maximum Gasteiger partial charge on any atom is -0.00641 e. The van der Waals surface area contributed by atoms with E-state index in [9.17, 15) is 0 Å². The molecule has 1 unspecified atom stereocenters. The van der Waals surface area contributed by atoms with Crippen molar-refractivity contribution in [1.29, 1.82) is 0 Å². The van der Waals surface area contributed by atoms with E-state index in [1.807, 2.05) is 13.8 Å². The fraction of sp³-hybridized carbons (Fsp3) is 0.548. The molecular weight excluding hydrogens is 372 g/mol. The Morgan fingerprint density at radius 2 is 1.65 bits per heavy atom. The minimum atomic E-state index is 0.348. The van der Waals surface area contributed by atoms with Gasteiger partial charge in [-0.2, -0.15) is 0 Å². The highest BCUT2D eigenvalue weighted by molar-refractivity contribution is 5.45. The van der Waals surface area contributed by atoms with Crippen molar-refractivity contribution in [2.45, 2.75) is 105 Å². The highest BCUT2D eigenvalue weighted by Crippen LogP contribution is 2.39. The molecule has 0 saturated carbocycles. The van der Waals surface area contributed by atoms with Crippen LogP contribution in [-0.4, -0.2) is 0 Å². The van der Waals surface area contributed by atoms with Crippen molar-refractivity contribution in [2.75, 3.05) is 0 Å². The molecule has 2 aliphatic rings. The summed E-state index contributed by atoms with van der Waals surface area (Å²) in [6, 6.07) is 11.9. The smallest absolute Gasteiger partial charge is 0.00641 e. The van der Waals surface area contributed by atoms with E-state index in [2.05, 4.69) is 71.0 Å². The normalized spacial score (nSPS) is 18.9. The average Bonchev–Trinajstić information content (AvgIpc) is 2.69. The molecule has 0 heterocycles. The highest BCUT2D eigenvalue weighted by atomic mass is 14.3. The van der Waals surface area contributed by atoms with Crippen LogP contribution in [0.3, 0.4) is 0 Å². The van der Waals surface area contributed by atoms with Gasteiger partial charge in [0.05, 0.1) is 0 Å². The zero-order valence-electron chi connectivity index (χ0n) is 21.2. The summed E-state index contributed by atoms with van der Waals surface area (Å²) < 4.78 is 0. The van der Waals surface area contributed by atoms with Gasteiger partial charge in [-0.3, -0.25) is 0 Å². The molecule has 2 aliphatic carbocycles. The monoisotopic (exact) mass is 416 g/mol. The molecule has 0 radical (unpaired) electrons. The maximum absolute atomic E-state index is 2.58. The number of fused-ring (bicyclic) bond motifs is 1. The molecule has 4 rings (SSSR count). The van der Waals surface area contributed by atoms with E-state index in [-0.39, 0.29) is 0 Å². The second-order valence-corrected chi connectivity index (χ2v) is 10.5. The molecule has 2 aromatic carbocycles. The van der Waals surface area contributed by atoms with E-state index >= 15 is 0 Å². The lowest BCUT2D eigenvalue weighted by molar-refractivity contribution is 0.431. The topological polar surface area (TPSA) is 0 Å². The fourth-order valence-corrected chi connectivity index (χ4v) is 5.57. The van der Waals surface area contributed by atoms with E-state index in [0.717, 1.165) is 5.92 Å². The minimum Gasteiger partial charge on any atom is -0.0815 e. The van der Waals surface area contributed by atoms with Crippen LogP contribution in [0.4, 0.5) is 0 Å². The second-order valence-electron chi connectivity index (χ2n) is 10.5. The Morgan fingerprint density at radius 1 is 0.935 bits per heavy atom. The molecule has 0 saturated heterocycles. The first-order valence-electron chi connectivity index (χ1n) is 12.7. The zero-order valence-corrected chi connectivity index (χ0v) is 21.2. The third-order valence-corrected chi connectivity index (χ3v) is 7.47. The van der Waals surface area contributed by atoms with Crippen LogP contribution in [0.25, 0.3) is 0 Å². The van der Waals surface area contributed by atoms with Gasteiger partial charge >= 0.3 is 0 Å². The van der Waals surface area contributed by atoms with Gasteiger partial charge < -0.3 is 0 Å². The number of aryl methyl sites for hydroxylation is 5. The summed E-state index contributed by atoms with van der Waals surface area (Å²) in [5.74, 6) is 0.810. The molecule has 168 valence electrons. The maximum atomic E-state index is 2.58. The van der Waals surface area contributed by atoms with Crippen molar-refractivity contribution in [3.05, 3.63) is 80.9 Å². The van der Waals surface area contributed by atoms with Crippen LogP contribution in [0.15, 0.2) is 42.0 Å². The number of hydrogen-bond acceptors (Lipinski definition) is 0. The molecule has 0 aliphatic heterocycles. The Bertz CT molecular complexity index is 925. The fourth-order valence-electron chi connectivity index (χ4n) is 5.57. The molecule has 2 aromatic rings. The minimum absolute atomic E-state index is 0.348. The van der Waals surface area contributed by atoms with Crippen LogP contribution in [-0.2, 0) is 24.7 Å². The van der Waals surface area contributed by atoms with Gasteiger partial charge in [-0.1, -0.05) is 75.2 Å². The Kier molecular flexibility index (Phi) is 7.84. The predicted molar refractivity (Wildman–Crippen MR) is 137 cm³/mol. The van der Waals surface area contributed by atoms with Gasteiger partial charge in [-0.25, -0.2) is 0 Å². The Hall–Kier alpha value is -1.82. The van der Waals surface area contributed by atoms with Crippen LogP contribution in [0.5, 0.6) is 0 Å². The Labute approximate surface area is 192 Å².